The van der Waals surface area contributed by atoms with E-state index in [1.54, 1.807) is 0 Å². The number of aliphatic hydroxyl groups is 1. The number of halogens is 1. The summed E-state index contributed by atoms with van der Waals surface area (Å²) in [5, 5.41) is 11.1. The molecule has 19 heavy (non-hydrogen) atoms. The lowest BCUT2D eigenvalue weighted by Gasteiger charge is -2.47. The fourth-order valence-corrected chi connectivity index (χ4v) is 4.17. The number of piperidine rings is 1. The van der Waals surface area contributed by atoms with Crippen LogP contribution in [0.3, 0.4) is 0 Å². The molecule has 0 aromatic heterocycles. The molecule has 1 N–H and O–H groups in total. The molecule has 0 radical (unpaired) electrons. The molecule has 102 valence electrons. The third kappa shape index (κ3) is 1.79. The molecule has 4 heteroatoms. The van der Waals surface area contributed by atoms with Crippen LogP contribution in [-0.4, -0.2) is 35.2 Å². The molecule has 2 bridgehead atoms. The topological polar surface area (TPSA) is 32.7 Å². The first-order valence-electron chi connectivity index (χ1n) is 7.05. The van der Waals surface area contributed by atoms with Gasteiger partial charge in [-0.15, -0.1) is 0 Å². The lowest BCUT2D eigenvalue weighted by atomic mass is 9.75. The zero-order valence-electron chi connectivity index (χ0n) is 10.8. The lowest BCUT2D eigenvalue weighted by Crippen LogP contribution is -2.53. The largest absolute Gasteiger partial charge is 0.486 e. The molecule has 1 spiro atoms. The molecule has 3 nitrogen and oxygen atoms in total. The minimum Gasteiger partial charge on any atom is -0.486 e. The van der Waals surface area contributed by atoms with Gasteiger partial charge in [0.1, 0.15) is 11.4 Å². The molecule has 3 unspecified atom stereocenters. The maximum atomic E-state index is 10.5. The highest BCUT2D eigenvalue weighted by atomic mass is 35.5. The van der Waals surface area contributed by atoms with E-state index in [1.807, 2.05) is 18.2 Å². The van der Waals surface area contributed by atoms with Gasteiger partial charge >= 0.3 is 0 Å². The van der Waals surface area contributed by atoms with Crippen LogP contribution in [0.1, 0.15) is 30.9 Å². The number of benzene rings is 1. The van der Waals surface area contributed by atoms with Gasteiger partial charge in [0, 0.05) is 42.4 Å². The van der Waals surface area contributed by atoms with Crippen molar-refractivity contribution in [2.45, 2.75) is 31.0 Å². The summed E-state index contributed by atoms with van der Waals surface area (Å²) in [5.74, 6) is 1.38. The predicted octanol–water partition coefficient (Wildman–Crippen LogP) is 2.62. The second-order valence-corrected chi connectivity index (χ2v) is 6.54. The lowest BCUT2D eigenvalue weighted by molar-refractivity contribution is -0.0736. The molecule has 0 amide bonds. The second kappa shape index (κ2) is 4.11. The van der Waals surface area contributed by atoms with Crippen molar-refractivity contribution in [3.63, 3.8) is 0 Å². The van der Waals surface area contributed by atoms with Crippen LogP contribution in [0.15, 0.2) is 18.2 Å². The van der Waals surface area contributed by atoms with E-state index in [2.05, 4.69) is 4.90 Å². The zero-order valence-corrected chi connectivity index (χ0v) is 11.6. The van der Waals surface area contributed by atoms with Gasteiger partial charge in [0.05, 0.1) is 6.10 Å². The standard InChI is InChI=1S/C15H18ClNO2/c16-11-1-2-14-12(7-11)13(18)8-15(19-14)4-6-17-5-3-10(15)9-17/h1-2,7,10,13,18H,3-6,8-9H2/t10?,13-,15?/m1/s1. The fraction of sp³-hybridized carbons (Fsp3) is 0.600. The molecule has 0 saturated carbocycles. The molecule has 3 aliphatic rings. The van der Waals surface area contributed by atoms with E-state index in [4.69, 9.17) is 16.3 Å². The third-order valence-electron chi connectivity index (χ3n) is 5.05. The smallest absolute Gasteiger partial charge is 0.126 e. The van der Waals surface area contributed by atoms with Gasteiger partial charge in [-0.1, -0.05) is 11.6 Å². The summed E-state index contributed by atoms with van der Waals surface area (Å²) in [6.45, 7) is 3.39. The molecule has 2 saturated heterocycles. The van der Waals surface area contributed by atoms with Gasteiger partial charge in [-0.05, 0) is 31.2 Å². The molecule has 1 aromatic carbocycles. The maximum absolute atomic E-state index is 10.5. The summed E-state index contributed by atoms with van der Waals surface area (Å²) in [7, 11) is 0. The number of rotatable bonds is 0. The van der Waals surface area contributed by atoms with E-state index in [0.29, 0.717) is 17.4 Å². The van der Waals surface area contributed by atoms with Gasteiger partial charge in [-0.25, -0.2) is 0 Å². The van der Waals surface area contributed by atoms with Crippen LogP contribution >= 0.6 is 11.6 Å². The zero-order chi connectivity index (χ0) is 13.0. The summed E-state index contributed by atoms with van der Waals surface area (Å²) in [6.07, 6.45) is 2.47. The Hall–Kier alpha value is -0.770. The first kappa shape index (κ1) is 12.0. The Morgan fingerprint density at radius 1 is 1.37 bits per heavy atom. The van der Waals surface area contributed by atoms with Crippen LogP contribution in [0, 0.1) is 5.92 Å². The average Bonchev–Trinajstić information content (AvgIpc) is 2.81. The van der Waals surface area contributed by atoms with Crippen molar-refractivity contribution in [1.82, 2.24) is 4.90 Å². The summed E-state index contributed by atoms with van der Waals surface area (Å²) in [5.41, 5.74) is 0.686. The summed E-state index contributed by atoms with van der Waals surface area (Å²) >= 11 is 6.01. The molecule has 3 aliphatic heterocycles. The number of ether oxygens (including phenoxy) is 1. The molecule has 3 heterocycles. The van der Waals surface area contributed by atoms with E-state index >= 15 is 0 Å². The molecular weight excluding hydrogens is 262 g/mol. The second-order valence-electron chi connectivity index (χ2n) is 6.11. The van der Waals surface area contributed by atoms with Crippen LogP contribution in [0.5, 0.6) is 5.75 Å². The highest BCUT2D eigenvalue weighted by molar-refractivity contribution is 6.30. The van der Waals surface area contributed by atoms with E-state index in [9.17, 15) is 5.11 Å². The van der Waals surface area contributed by atoms with Crippen molar-refractivity contribution in [1.29, 1.82) is 0 Å². The molecule has 4 rings (SSSR count). The van der Waals surface area contributed by atoms with Gasteiger partial charge < -0.3 is 14.7 Å². The number of fused-ring (bicyclic) bond motifs is 4. The van der Waals surface area contributed by atoms with Crippen molar-refractivity contribution in [2.75, 3.05) is 19.6 Å². The molecule has 4 atom stereocenters. The van der Waals surface area contributed by atoms with E-state index in [-0.39, 0.29) is 5.60 Å². The van der Waals surface area contributed by atoms with Gasteiger partial charge in [-0.2, -0.15) is 0 Å². The third-order valence-corrected chi connectivity index (χ3v) is 5.29. The first-order valence-corrected chi connectivity index (χ1v) is 7.43. The Balaban J connectivity index is 1.72. The number of hydrogen-bond acceptors (Lipinski definition) is 3. The van der Waals surface area contributed by atoms with Crippen LogP contribution in [0.25, 0.3) is 0 Å². The normalized spacial score (nSPS) is 40.0. The Kier molecular flexibility index (Phi) is 2.60. The Bertz CT molecular complexity index is 521. The number of aliphatic hydroxyl groups excluding tert-OH is 1. The highest BCUT2D eigenvalue weighted by Crippen LogP contribution is 2.49. The van der Waals surface area contributed by atoms with Crippen molar-refractivity contribution >= 4 is 11.6 Å². The number of hydrogen-bond donors (Lipinski definition) is 1. The van der Waals surface area contributed by atoms with E-state index in [0.717, 1.165) is 30.8 Å². The average molecular weight is 280 g/mol. The minimum atomic E-state index is -0.449. The van der Waals surface area contributed by atoms with Crippen molar-refractivity contribution in [2.24, 2.45) is 5.92 Å². The summed E-state index contributed by atoms with van der Waals surface area (Å²) < 4.78 is 6.37. The maximum Gasteiger partial charge on any atom is 0.126 e. The Labute approximate surface area is 118 Å². The fourth-order valence-electron chi connectivity index (χ4n) is 3.99. The van der Waals surface area contributed by atoms with Crippen LogP contribution in [0.2, 0.25) is 5.02 Å². The summed E-state index contributed by atoms with van der Waals surface area (Å²) in [4.78, 5) is 2.50. The van der Waals surface area contributed by atoms with Crippen LogP contribution < -0.4 is 4.74 Å². The summed E-state index contributed by atoms with van der Waals surface area (Å²) in [6, 6.07) is 5.58. The van der Waals surface area contributed by atoms with E-state index in [1.165, 1.54) is 13.0 Å². The monoisotopic (exact) mass is 279 g/mol. The number of nitrogens with zero attached hydrogens (tertiary/aromatic N) is 1. The van der Waals surface area contributed by atoms with E-state index < -0.39 is 6.10 Å². The minimum absolute atomic E-state index is 0.159. The molecule has 1 aromatic rings. The Morgan fingerprint density at radius 3 is 3.16 bits per heavy atom. The van der Waals surface area contributed by atoms with Crippen molar-refractivity contribution in [3.05, 3.63) is 28.8 Å². The molecular formula is C15H18ClNO2. The molecule has 2 fully saturated rings. The molecule has 0 aliphatic carbocycles. The van der Waals surface area contributed by atoms with Crippen molar-refractivity contribution < 1.29 is 9.84 Å². The van der Waals surface area contributed by atoms with Crippen molar-refractivity contribution in [3.8, 4) is 5.75 Å². The van der Waals surface area contributed by atoms with Crippen LogP contribution in [-0.2, 0) is 0 Å². The quantitative estimate of drug-likeness (QED) is 0.792. The van der Waals surface area contributed by atoms with Crippen LogP contribution in [0.4, 0.5) is 0 Å². The predicted molar refractivity (Wildman–Crippen MR) is 73.6 cm³/mol. The van der Waals surface area contributed by atoms with Gasteiger partial charge in [0.2, 0.25) is 0 Å². The Morgan fingerprint density at radius 2 is 2.26 bits per heavy atom. The van der Waals surface area contributed by atoms with Gasteiger partial charge in [0.15, 0.2) is 0 Å². The first-order chi connectivity index (χ1) is 9.16. The van der Waals surface area contributed by atoms with Gasteiger partial charge in [0.25, 0.3) is 0 Å². The SMILES string of the molecule is O[C@@H]1CC2(CCN3CCC2C3)Oc2ccc(Cl)cc21. The van der Waals surface area contributed by atoms with Gasteiger partial charge in [-0.3, -0.25) is 0 Å². The highest BCUT2D eigenvalue weighted by Gasteiger charge is 2.51.